The number of rotatable bonds is 2. The van der Waals surface area contributed by atoms with E-state index in [2.05, 4.69) is 12.6 Å². The first-order valence-electron chi connectivity index (χ1n) is 3.65. The molecule has 0 saturated heterocycles. The average molecular weight is 181 g/mol. The molecule has 1 amide bonds. The Morgan fingerprint density at radius 1 is 1.42 bits per heavy atom. The van der Waals surface area contributed by atoms with Crippen LogP contribution < -0.4 is 5.73 Å². The van der Waals surface area contributed by atoms with E-state index in [0.29, 0.717) is 0 Å². The number of hydrogen-bond donors (Lipinski definition) is 2. The minimum Gasteiger partial charge on any atom is -0.368 e. The smallest absolute Gasteiger partial charge is 0.234 e. The van der Waals surface area contributed by atoms with E-state index in [-0.39, 0.29) is 0 Å². The third-order valence-electron chi connectivity index (χ3n) is 1.66. The van der Waals surface area contributed by atoms with E-state index in [4.69, 9.17) is 5.73 Å². The highest BCUT2D eigenvalue weighted by molar-refractivity contribution is 7.81. The molecular formula is C9H11NOS. The van der Waals surface area contributed by atoms with Crippen LogP contribution in [0.5, 0.6) is 0 Å². The lowest BCUT2D eigenvalue weighted by atomic mass is 10.1. The van der Waals surface area contributed by atoms with Crippen molar-refractivity contribution in [3.05, 3.63) is 35.4 Å². The van der Waals surface area contributed by atoms with Crippen LogP contribution in [0.3, 0.4) is 0 Å². The molecule has 2 N–H and O–H groups in total. The van der Waals surface area contributed by atoms with Gasteiger partial charge in [-0.15, -0.1) is 0 Å². The van der Waals surface area contributed by atoms with Crippen molar-refractivity contribution in [3.8, 4) is 0 Å². The van der Waals surface area contributed by atoms with Crippen LogP contribution in [-0.4, -0.2) is 5.91 Å². The predicted molar refractivity (Wildman–Crippen MR) is 52.1 cm³/mol. The Bertz CT molecular complexity index is 281. The molecule has 1 unspecified atom stereocenters. The van der Waals surface area contributed by atoms with Crippen LogP contribution in [-0.2, 0) is 4.79 Å². The van der Waals surface area contributed by atoms with Crippen molar-refractivity contribution in [3.63, 3.8) is 0 Å². The number of nitrogens with two attached hydrogens (primary N) is 1. The number of benzene rings is 1. The van der Waals surface area contributed by atoms with Gasteiger partial charge in [-0.3, -0.25) is 4.79 Å². The highest BCUT2D eigenvalue weighted by atomic mass is 32.1. The van der Waals surface area contributed by atoms with E-state index >= 15 is 0 Å². The van der Waals surface area contributed by atoms with Gasteiger partial charge in [0.2, 0.25) is 5.91 Å². The van der Waals surface area contributed by atoms with E-state index in [1.165, 1.54) is 0 Å². The molecule has 64 valence electrons. The molecule has 0 spiro atoms. The van der Waals surface area contributed by atoms with Gasteiger partial charge in [0, 0.05) is 0 Å². The highest BCUT2D eigenvalue weighted by Crippen LogP contribution is 2.19. The van der Waals surface area contributed by atoms with Crippen molar-refractivity contribution in [2.75, 3.05) is 0 Å². The maximum atomic E-state index is 10.7. The van der Waals surface area contributed by atoms with Crippen molar-refractivity contribution >= 4 is 18.5 Å². The molecule has 0 saturated carbocycles. The topological polar surface area (TPSA) is 43.1 Å². The summed E-state index contributed by atoms with van der Waals surface area (Å²) < 4.78 is 0. The van der Waals surface area contributed by atoms with Crippen molar-refractivity contribution < 1.29 is 4.79 Å². The summed E-state index contributed by atoms with van der Waals surface area (Å²) in [5.41, 5.74) is 7.09. The Balaban J connectivity index is 2.89. The standard InChI is InChI=1S/C9H11NOS/c1-6-2-4-7(5-3-6)8(12)9(10)11/h2-5,8,12H,1H3,(H2,10,11). The van der Waals surface area contributed by atoms with Gasteiger partial charge in [-0.25, -0.2) is 0 Å². The van der Waals surface area contributed by atoms with E-state index in [1.54, 1.807) is 0 Å². The fourth-order valence-electron chi connectivity index (χ4n) is 0.913. The molecule has 1 atom stereocenters. The van der Waals surface area contributed by atoms with E-state index in [9.17, 15) is 4.79 Å². The van der Waals surface area contributed by atoms with E-state index in [0.717, 1.165) is 11.1 Å². The Labute approximate surface area is 77.2 Å². The zero-order valence-corrected chi connectivity index (χ0v) is 7.71. The Morgan fingerprint density at radius 2 is 1.92 bits per heavy atom. The summed E-state index contributed by atoms with van der Waals surface area (Å²) in [5.74, 6) is -0.415. The average Bonchev–Trinajstić information content (AvgIpc) is 2.04. The minimum absolute atomic E-state index is 0.415. The van der Waals surface area contributed by atoms with Crippen LogP contribution in [0.15, 0.2) is 24.3 Å². The van der Waals surface area contributed by atoms with Crippen LogP contribution in [0.2, 0.25) is 0 Å². The van der Waals surface area contributed by atoms with Crippen LogP contribution in [0.25, 0.3) is 0 Å². The van der Waals surface area contributed by atoms with E-state index in [1.807, 2.05) is 31.2 Å². The van der Waals surface area contributed by atoms with Crippen LogP contribution in [0.4, 0.5) is 0 Å². The molecule has 0 aliphatic rings. The molecule has 0 heterocycles. The lowest BCUT2D eigenvalue weighted by Gasteiger charge is -2.05. The normalized spacial score (nSPS) is 12.5. The van der Waals surface area contributed by atoms with Crippen molar-refractivity contribution in [2.45, 2.75) is 12.2 Å². The Hall–Kier alpha value is -0.960. The monoisotopic (exact) mass is 181 g/mol. The molecule has 1 aromatic rings. The first-order valence-corrected chi connectivity index (χ1v) is 4.17. The van der Waals surface area contributed by atoms with Crippen molar-refractivity contribution in [2.24, 2.45) is 5.73 Å². The number of carbonyl (C=O) groups is 1. The summed E-state index contributed by atoms with van der Waals surface area (Å²) >= 11 is 4.07. The van der Waals surface area contributed by atoms with E-state index < -0.39 is 11.2 Å². The SMILES string of the molecule is Cc1ccc(C(S)C(N)=O)cc1. The van der Waals surface area contributed by atoms with Gasteiger partial charge >= 0.3 is 0 Å². The number of carbonyl (C=O) groups excluding carboxylic acids is 1. The van der Waals surface area contributed by atoms with Gasteiger partial charge in [0.25, 0.3) is 0 Å². The van der Waals surface area contributed by atoms with Gasteiger partial charge in [-0.05, 0) is 12.5 Å². The maximum absolute atomic E-state index is 10.7. The third-order valence-corrected chi connectivity index (χ3v) is 2.22. The first kappa shape index (κ1) is 9.13. The van der Waals surface area contributed by atoms with Crippen LogP contribution in [0.1, 0.15) is 16.4 Å². The zero-order valence-electron chi connectivity index (χ0n) is 6.82. The summed E-state index contributed by atoms with van der Waals surface area (Å²) in [7, 11) is 0. The molecule has 0 fully saturated rings. The van der Waals surface area contributed by atoms with Crippen molar-refractivity contribution in [1.82, 2.24) is 0 Å². The molecule has 0 aliphatic heterocycles. The molecule has 0 aliphatic carbocycles. The lowest BCUT2D eigenvalue weighted by molar-refractivity contribution is -0.117. The molecule has 0 aromatic heterocycles. The van der Waals surface area contributed by atoms with Gasteiger partial charge in [0.1, 0.15) is 5.25 Å². The molecule has 1 rings (SSSR count). The summed E-state index contributed by atoms with van der Waals surface area (Å²) in [5, 5.41) is -0.495. The van der Waals surface area contributed by atoms with Crippen molar-refractivity contribution in [1.29, 1.82) is 0 Å². The van der Waals surface area contributed by atoms with Gasteiger partial charge in [0.05, 0.1) is 0 Å². The first-order chi connectivity index (χ1) is 5.61. The Morgan fingerprint density at radius 3 is 2.33 bits per heavy atom. The fourth-order valence-corrected chi connectivity index (χ4v) is 1.09. The van der Waals surface area contributed by atoms with Gasteiger partial charge in [-0.1, -0.05) is 29.8 Å². The van der Waals surface area contributed by atoms with Crippen LogP contribution >= 0.6 is 12.6 Å². The number of primary amides is 1. The molecule has 0 bridgehead atoms. The minimum atomic E-state index is -0.495. The largest absolute Gasteiger partial charge is 0.368 e. The van der Waals surface area contributed by atoms with Crippen LogP contribution in [0, 0.1) is 6.92 Å². The van der Waals surface area contributed by atoms with Gasteiger partial charge in [-0.2, -0.15) is 12.6 Å². The summed E-state index contributed by atoms with van der Waals surface area (Å²) in [4.78, 5) is 10.7. The molecule has 12 heavy (non-hydrogen) atoms. The third kappa shape index (κ3) is 2.01. The molecular weight excluding hydrogens is 170 g/mol. The number of aryl methyl sites for hydroxylation is 1. The Kier molecular flexibility index (Phi) is 2.76. The zero-order chi connectivity index (χ0) is 9.14. The quantitative estimate of drug-likeness (QED) is 0.666. The fraction of sp³-hybridized carbons (Fsp3) is 0.222. The lowest BCUT2D eigenvalue weighted by Crippen LogP contribution is -2.16. The van der Waals surface area contributed by atoms with Gasteiger partial charge < -0.3 is 5.73 Å². The van der Waals surface area contributed by atoms with Gasteiger partial charge in [0.15, 0.2) is 0 Å². The maximum Gasteiger partial charge on any atom is 0.234 e. The second kappa shape index (κ2) is 3.63. The molecule has 3 heteroatoms. The highest BCUT2D eigenvalue weighted by Gasteiger charge is 2.11. The second-order valence-corrected chi connectivity index (χ2v) is 3.23. The summed E-state index contributed by atoms with van der Waals surface area (Å²) in [6.07, 6.45) is 0. The predicted octanol–water partition coefficient (Wildman–Crippen LogP) is 1.45. The molecule has 1 aromatic carbocycles. The molecule has 2 nitrogen and oxygen atoms in total. The number of hydrogen-bond acceptors (Lipinski definition) is 2. The molecule has 0 radical (unpaired) electrons. The summed E-state index contributed by atoms with van der Waals surface area (Å²) in [6.45, 7) is 1.99. The summed E-state index contributed by atoms with van der Waals surface area (Å²) in [6, 6.07) is 7.58. The second-order valence-electron chi connectivity index (χ2n) is 2.72. The number of thiol groups is 1. The number of amides is 1.